The van der Waals surface area contributed by atoms with Gasteiger partial charge in [-0.2, -0.15) is 0 Å². The van der Waals surface area contributed by atoms with Gasteiger partial charge in [0, 0.05) is 17.8 Å². The molecule has 1 atom stereocenters. The van der Waals surface area contributed by atoms with Crippen LogP contribution in [-0.2, 0) is 0 Å². The highest BCUT2D eigenvalue weighted by atomic mass is 16.3. The number of aliphatic hydroxyl groups is 1. The molecule has 0 aliphatic carbocycles. The van der Waals surface area contributed by atoms with Crippen molar-refractivity contribution in [2.75, 3.05) is 11.9 Å². The van der Waals surface area contributed by atoms with E-state index in [-0.39, 0.29) is 18.2 Å². The van der Waals surface area contributed by atoms with Crippen LogP contribution in [0.15, 0.2) is 11.0 Å². The third kappa shape index (κ3) is 4.60. The third-order valence-electron chi connectivity index (χ3n) is 1.63. The molecule has 0 aromatic carbocycles. The van der Waals surface area contributed by atoms with E-state index in [0.717, 1.165) is 0 Å². The second kappa shape index (κ2) is 7.00. The van der Waals surface area contributed by atoms with E-state index >= 15 is 0 Å². The SMILES string of the molecule is CC.Cc1cnc(NC(C)CO)[nH]c1=O. The molecule has 5 heteroatoms. The maximum absolute atomic E-state index is 11.1. The Morgan fingerprint density at radius 3 is 2.67 bits per heavy atom. The first-order valence-electron chi connectivity index (χ1n) is 5.07. The summed E-state index contributed by atoms with van der Waals surface area (Å²) in [6.45, 7) is 7.47. The van der Waals surface area contributed by atoms with Gasteiger partial charge in [0.15, 0.2) is 0 Å². The van der Waals surface area contributed by atoms with Gasteiger partial charge in [-0.15, -0.1) is 0 Å². The molecule has 0 aliphatic rings. The number of aliphatic hydroxyl groups excluding tert-OH is 1. The topological polar surface area (TPSA) is 78.0 Å². The van der Waals surface area contributed by atoms with Crippen LogP contribution in [0.2, 0.25) is 0 Å². The minimum absolute atomic E-state index is 0.00239. The summed E-state index contributed by atoms with van der Waals surface area (Å²) >= 11 is 0. The molecule has 1 aromatic rings. The van der Waals surface area contributed by atoms with Gasteiger partial charge in [0.2, 0.25) is 5.95 Å². The molecule has 0 fully saturated rings. The highest BCUT2D eigenvalue weighted by Gasteiger charge is 2.01. The van der Waals surface area contributed by atoms with Gasteiger partial charge in [-0.25, -0.2) is 4.98 Å². The summed E-state index contributed by atoms with van der Waals surface area (Å²) in [5, 5.41) is 11.6. The summed E-state index contributed by atoms with van der Waals surface area (Å²) in [4.78, 5) is 17.6. The van der Waals surface area contributed by atoms with Crippen LogP contribution in [-0.4, -0.2) is 27.7 Å². The molecule has 0 spiro atoms. The van der Waals surface area contributed by atoms with Gasteiger partial charge in [-0.1, -0.05) is 13.8 Å². The van der Waals surface area contributed by atoms with E-state index in [1.807, 2.05) is 13.8 Å². The summed E-state index contributed by atoms with van der Waals surface area (Å²) in [6.07, 6.45) is 1.49. The van der Waals surface area contributed by atoms with Crippen molar-refractivity contribution in [3.05, 3.63) is 22.1 Å². The van der Waals surface area contributed by atoms with Gasteiger partial charge < -0.3 is 10.4 Å². The Balaban J connectivity index is 0.000000921. The maximum Gasteiger partial charge on any atom is 0.255 e. The fraction of sp³-hybridized carbons (Fsp3) is 0.600. The van der Waals surface area contributed by atoms with Crippen molar-refractivity contribution < 1.29 is 5.11 Å². The number of rotatable bonds is 3. The standard InChI is InChI=1S/C8H13N3O2.C2H6/c1-5-3-9-8(11-7(5)13)10-6(2)4-12;1-2/h3,6,12H,4H2,1-2H3,(H2,9,10,11,13);1-2H3. The van der Waals surface area contributed by atoms with Crippen molar-refractivity contribution in [3.8, 4) is 0 Å². The molecule has 0 saturated heterocycles. The van der Waals surface area contributed by atoms with Crippen molar-refractivity contribution in [1.29, 1.82) is 0 Å². The van der Waals surface area contributed by atoms with Crippen LogP contribution in [0.4, 0.5) is 5.95 Å². The van der Waals surface area contributed by atoms with E-state index in [4.69, 9.17) is 5.11 Å². The van der Waals surface area contributed by atoms with Crippen LogP contribution in [0.3, 0.4) is 0 Å². The first kappa shape index (κ1) is 13.6. The van der Waals surface area contributed by atoms with Crippen molar-refractivity contribution in [3.63, 3.8) is 0 Å². The first-order valence-corrected chi connectivity index (χ1v) is 5.07. The molecule has 1 rings (SSSR count). The molecule has 0 radical (unpaired) electrons. The highest BCUT2D eigenvalue weighted by molar-refractivity contribution is 5.25. The largest absolute Gasteiger partial charge is 0.394 e. The molecule has 3 N–H and O–H groups in total. The number of aromatic amines is 1. The van der Waals surface area contributed by atoms with Crippen LogP contribution in [0.1, 0.15) is 26.3 Å². The quantitative estimate of drug-likeness (QED) is 0.697. The molecular formula is C10H19N3O2. The minimum Gasteiger partial charge on any atom is -0.394 e. The van der Waals surface area contributed by atoms with Crippen molar-refractivity contribution in [2.45, 2.75) is 33.7 Å². The fourth-order valence-corrected chi connectivity index (χ4v) is 0.811. The number of hydrogen-bond acceptors (Lipinski definition) is 4. The summed E-state index contributed by atoms with van der Waals surface area (Å²) in [5.74, 6) is 0.386. The second-order valence-corrected chi connectivity index (χ2v) is 2.97. The van der Waals surface area contributed by atoms with Crippen LogP contribution < -0.4 is 10.9 Å². The normalized spacial score (nSPS) is 11.3. The van der Waals surface area contributed by atoms with Crippen LogP contribution in [0.25, 0.3) is 0 Å². The van der Waals surface area contributed by atoms with E-state index in [2.05, 4.69) is 15.3 Å². The Kier molecular flexibility index (Phi) is 6.37. The monoisotopic (exact) mass is 213 g/mol. The zero-order valence-electron chi connectivity index (χ0n) is 9.66. The summed E-state index contributed by atoms with van der Waals surface area (Å²) < 4.78 is 0. The van der Waals surface area contributed by atoms with Gasteiger partial charge in [-0.3, -0.25) is 9.78 Å². The minimum atomic E-state index is -0.164. The molecule has 86 valence electrons. The molecule has 5 nitrogen and oxygen atoms in total. The molecule has 15 heavy (non-hydrogen) atoms. The number of nitrogens with zero attached hydrogens (tertiary/aromatic N) is 1. The summed E-state index contributed by atoms with van der Waals surface area (Å²) in [7, 11) is 0. The first-order chi connectivity index (χ1) is 7.13. The second-order valence-electron chi connectivity index (χ2n) is 2.97. The average molecular weight is 213 g/mol. The number of H-pyrrole nitrogens is 1. The van der Waals surface area contributed by atoms with Crippen LogP contribution in [0.5, 0.6) is 0 Å². The lowest BCUT2D eigenvalue weighted by atomic mass is 10.3. The highest BCUT2D eigenvalue weighted by Crippen LogP contribution is 1.96. The lowest BCUT2D eigenvalue weighted by molar-refractivity contribution is 0.281. The van der Waals surface area contributed by atoms with E-state index in [1.54, 1.807) is 13.8 Å². The van der Waals surface area contributed by atoms with Gasteiger partial charge in [0.25, 0.3) is 5.56 Å². The fourth-order valence-electron chi connectivity index (χ4n) is 0.811. The molecule has 0 amide bonds. The van der Waals surface area contributed by atoms with E-state index in [9.17, 15) is 4.79 Å². The van der Waals surface area contributed by atoms with Gasteiger partial charge >= 0.3 is 0 Å². The molecule has 1 aromatic heterocycles. The van der Waals surface area contributed by atoms with E-state index in [0.29, 0.717) is 11.5 Å². The lowest BCUT2D eigenvalue weighted by Gasteiger charge is -2.10. The maximum atomic E-state index is 11.1. The number of hydrogen-bond donors (Lipinski definition) is 3. The Bertz CT molecular complexity index is 336. The number of aromatic nitrogens is 2. The predicted molar refractivity (Wildman–Crippen MR) is 61.1 cm³/mol. The van der Waals surface area contributed by atoms with Crippen molar-refractivity contribution in [2.24, 2.45) is 0 Å². The van der Waals surface area contributed by atoms with Crippen LogP contribution in [0, 0.1) is 6.92 Å². The Morgan fingerprint density at radius 2 is 2.20 bits per heavy atom. The lowest BCUT2D eigenvalue weighted by Crippen LogP contribution is -2.23. The van der Waals surface area contributed by atoms with Crippen molar-refractivity contribution in [1.82, 2.24) is 9.97 Å². The summed E-state index contributed by atoms with van der Waals surface area (Å²) in [6, 6.07) is -0.120. The van der Waals surface area contributed by atoms with E-state index < -0.39 is 0 Å². The Hall–Kier alpha value is -1.36. The zero-order chi connectivity index (χ0) is 11.8. The smallest absolute Gasteiger partial charge is 0.255 e. The molecule has 0 aliphatic heterocycles. The molecule has 0 saturated carbocycles. The van der Waals surface area contributed by atoms with E-state index in [1.165, 1.54) is 6.20 Å². The van der Waals surface area contributed by atoms with Gasteiger partial charge in [0.05, 0.1) is 6.61 Å². The Morgan fingerprint density at radius 1 is 1.60 bits per heavy atom. The zero-order valence-corrected chi connectivity index (χ0v) is 9.66. The van der Waals surface area contributed by atoms with Gasteiger partial charge in [-0.05, 0) is 13.8 Å². The number of anilines is 1. The average Bonchev–Trinajstić information content (AvgIpc) is 2.26. The van der Waals surface area contributed by atoms with Gasteiger partial charge in [0.1, 0.15) is 0 Å². The Labute approximate surface area is 89.6 Å². The van der Waals surface area contributed by atoms with Crippen molar-refractivity contribution >= 4 is 5.95 Å². The number of aryl methyl sites for hydroxylation is 1. The molecular weight excluding hydrogens is 194 g/mol. The number of nitrogens with one attached hydrogen (secondary N) is 2. The molecule has 1 heterocycles. The molecule has 0 bridgehead atoms. The predicted octanol–water partition coefficient (Wildman–Crippen LogP) is 0.897. The molecule has 1 unspecified atom stereocenters. The summed E-state index contributed by atoms with van der Waals surface area (Å²) in [5.41, 5.74) is 0.407. The van der Waals surface area contributed by atoms with Crippen LogP contribution >= 0.6 is 0 Å². The third-order valence-corrected chi connectivity index (χ3v) is 1.63.